The van der Waals surface area contributed by atoms with Crippen LogP contribution in [0.5, 0.6) is 0 Å². The molecule has 0 aliphatic rings. The van der Waals surface area contributed by atoms with Gasteiger partial charge in [0.1, 0.15) is 23.6 Å². The molecule has 132 valence electrons. The topological polar surface area (TPSA) is 106 Å². The quantitative estimate of drug-likeness (QED) is 0.657. The van der Waals surface area contributed by atoms with Crippen LogP contribution in [0.3, 0.4) is 0 Å². The van der Waals surface area contributed by atoms with Gasteiger partial charge in [0.15, 0.2) is 0 Å². The molecule has 3 aromatic rings. The molecule has 0 unspecified atom stereocenters. The van der Waals surface area contributed by atoms with Crippen molar-refractivity contribution in [1.29, 1.82) is 0 Å². The van der Waals surface area contributed by atoms with Crippen molar-refractivity contribution in [3.8, 4) is 0 Å². The van der Waals surface area contributed by atoms with E-state index in [-0.39, 0.29) is 18.1 Å². The first-order chi connectivity index (χ1) is 12.7. The van der Waals surface area contributed by atoms with Gasteiger partial charge in [0.05, 0.1) is 25.5 Å². The number of hydrogen-bond acceptors (Lipinski definition) is 7. The van der Waals surface area contributed by atoms with E-state index in [1.807, 2.05) is 0 Å². The number of furan rings is 1. The zero-order valence-electron chi connectivity index (χ0n) is 13.9. The van der Waals surface area contributed by atoms with Crippen molar-refractivity contribution in [2.75, 3.05) is 12.4 Å². The Morgan fingerprint density at radius 3 is 2.81 bits per heavy atom. The summed E-state index contributed by atoms with van der Waals surface area (Å²) in [7, 11) is 1.32. The number of nitrogens with zero attached hydrogens (tertiary/aromatic N) is 2. The van der Waals surface area contributed by atoms with Crippen LogP contribution >= 0.6 is 0 Å². The Morgan fingerprint density at radius 1 is 1.15 bits per heavy atom. The molecule has 0 aliphatic carbocycles. The first-order valence-electron chi connectivity index (χ1n) is 7.74. The predicted octanol–water partition coefficient (Wildman–Crippen LogP) is 2.53. The maximum Gasteiger partial charge on any atom is 0.337 e. The third-order valence-electron chi connectivity index (χ3n) is 3.46. The first kappa shape index (κ1) is 17.2. The van der Waals surface area contributed by atoms with E-state index >= 15 is 0 Å². The number of hydrogen-bond donors (Lipinski definition) is 2. The number of anilines is 2. The molecule has 2 N–H and O–H groups in total. The van der Waals surface area contributed by atoms with Gasteiger partial charge in [-0.2, -0.15) is 0 Å². The number of benzene rings is 1. The maximum absolute atomic E-state index is 12.2. The summed E-state index contributed by atoms with van der Waals surface area (Å²) in [5.74, 6) is 0.278. The van der Waals surface area contributed by atoms with Gasteiger partial charge in [-0.25, -0.2) is 14.8 Å². The van der Waals surface area contributed by atoms with E-state index in [2.05, 4.69) is 20.6 Å². The van der Waals surface area contributed by atoms with Gasteiger partial charge < -0.3 is 19.8 Å². The molecule has 2 aromatic heterocycles. The Bertz CT molecular complexity index is 909. The van der Waals surface area contributed by atoms with E-state index < -0.39 is 5.97 Å². The van der Waals surface area contributed by atoms with E-state index in [0.717, 1.165) is 0 Å². The smallest absolute Gasteiger partial charge is 0.337 e. The second-order valence-corrected chi connectivity index (χ2v) is 5.25. The van der Waals surface area contributed by atoms with Gasteiger partial charge in [-0.1, -0.05) is 6.07 Å². The van der Waals surface area contributed by atoms with Crippen molar-refractivity contribution in [1.82, 2.24) is 15.3 Å². The summed E-state index contributed by atoms with van der Waals surface area (Å²) in [5, 5.41) is 5.74. The second kappa shape index (κ2) is 7.93. The van der Waals surface area contributed by atoms with E-state index in [4.69, 9.17) is 9.15 Å². The largest absolute Gasteiger partial charge is 0.467 e. The van der Waals surface area contributed by atoms with Crippen molar-refractivity contribution in [3.05, 3.63) is 72.1 Å². The fourth-order valence-corrected chi connectivity index (χ4v) is 2.21. The predicted molar refractivity (Wildman–Crippen MR) is 93.0 cm³/mol. The Labute approximate surface area is 149 Å². The zero-order valence-corrected chi connectivity index (χ0v) is 13.9. The van der Waals surface area contributed by atoms with Gasteiger partial charge in [-0.15, -0.1) is 0 Å². The monoisotopic (exact) mass is 352 g/mol. The molecule has 0 atom stereocenters. The number of esters is 1. The molecular weight excluding hydrogens is 336 g/mol. The molecule has 0 bridgehead atoms. The minimum Gasteiger partial charge on any atom is -0.467 e. The molecule has 1 amide bonds. The molecule has 0 saturated carbocycles. The van der Waals surface area contributed by atoms with Crippen molar-refractivity contribution in [3.63, 3.8) is 0 Å². The van der Waals surface area contributed by atoms with Crippen LogP contribution in [0.4, 0.5) is 11.5 Å². The minimum absolute atomic E-state index is 0.207. The lowest BCUT2D eigenvalue weighted by atomic mass is 10.2. The molecule has 1 aromatic carbocycles. The lowest BCUT2D eigenvalue weighted by molar-refractivity contribution is 0.0600. The number of rotatable bonds is 6. The van der Waals surface area contributed by atoms with Crippen LogP contribution in [0.15, 0.2) is 59.5 Å². The third kappa shape index (κ3) is 4.23. The molecule has 3 rings (SSSR count). The van der Waals surface area contributed by atoms with E-state index in [1.54, 1.807) is 36.4 Å². The van der Waals surface area contributed by atoms with Gasteiger partial charge >= 0.3 is 5.97 Å². The van der Waals surface area contributed by atoms with Crippen LogP contribution in [0.1, 0.15) is 26.6 Å². The van der Waals surface area contributed by atoms with Gasteiger partial charge in [0.2, 0.25) is 0 Å². The Morgan fingerprint density at radius 2 is 2.04 bits per heavy atom. The van der Waals surface area contributed by atoms with Crippen molar-refractivity contribution in [2.45, 2.75) is 6.54 Å². The first-order valence-corrected chi connectivity index (χ1v) is 7.74. The summed E-state index contributed by atoms with van der Waals surface area (Å²) in [5.41, 5.74) is 1.25. The van der Waals surface area contributed by atoms with Crippen molar-refractivity contribution in [2.24, 2.45) is 0 Å². The average molecular weight is 352 g/mol. The molecule has 0 saturated heterocycles. The SMILES string of the molecule is COC(=O)c1cccc(Nc2cc(C(=O)NCc3ccco3)ncn2)c1. The summed E-state index contributed by atoms with van der Waals surface area (Å²) in [6.07, 6.45) is 2.82. The van der Waals surface area contributed by atoms with E-state index in [1.165, 1.54) is 25.8 Å². The molecule has 0 spiro atoms. The lowest BCUT2D eigenvalue weighted by Crippen LogP contribution is -2.23. The molecule has 8 heteroatoms. The molecule has 0 radical (unpaired) electrons. The number of amides is 1. The minimum atomic E-state index is -0.436. The van der Waals surface area contributed by atoms with Gasteiger partial charge in [0, 0.05) is 11.8 Å². The van der Waals surface area contributed by atoms with Gasteiger partial charge in [0.25, 0.3) is 5.91 Å². The molecule has 0 aliphatic heterocycles. The van der Waals surface area contributed by atoms with Crippen LogP contribution in [0.25, 0.3) is 0 Å². The Hall–Kier alpha value is -3.68. The van der Waals surface area contributed by atoms with Crippen LogP contribution in [-0.4, -0.2) is 29.0 Å². The van der Waals surface area contributed by atoms with E-state index in [0.29, 0.717) is 22.8 Å². The van der Waals surface area contributed by atoms with Crippen LogP contribution in [-0.2, 0) is 11.3 Å². The average Bonchev–Trinajstić information content (AvgIpc) is 3.19. The van der Waals surface area contributed by atoms with Gasteiger partial charge in [-0.05, 0) is 30.3 Å². The zero-order chi connectivity index (χ0) is 18.4. The highest BCUT2D eigenvalue weighted by atomic mass is 16.5. The highest BCUT2D eigenvalue weighted by Gasteiger charge is 2.10. The summed E-state index contributed by atoms with van der Waals surface area (Å²) < 4.78 is 9.86. The highest BCUT2D eigenvalue weighted by molar-refractivity contribution is 5.93. The van der Waals surface area contributed by atoms with Crippen LogP contribution in [0.2, 0.25) is 0 Å². The fourth-order valence-electron chi connectivity index (χ4n) is 2.21. The van der Waals surface area contributed by atoms with E-state index in [9.17, 15) is 9.59 Å². The number of carbonyl (C=O) groups is 2. The molecule has 8 nitrogen and oxygen atoms in total. The Balaban J connectivity index is 1.69. The third-order valence-corrected chi connectivity index (χ3v) is 3.46. The summed E-state index contributed by atoms with van der Waals surface area (Å²) in [6.45, 7) is 0.264. The summed E-state index contributed by atoms with van der Waals surface area (Å²) in [6, 6.07) is 11.8. The number of carbonyl (C=O) groups excluding carboxylic acids is 2. The van der Waals surface area contributed by atoms with Crippen LogP contribution < -0.4 is 10.6 Å². The molecular formula is C18H16N4O4. The normalized spacial score (nSPS) is 10.2. The molecule has 26 heavy (non-hydrogen) atoms. The van der Waals surface area contributed by atoms with Crippen LogP contribution in [0, 0.1) is 0 Å². The Kier molecular flexibility index (Phi) is 5.23. The molecule has 2 heterocycles. The highest BCUT2D eigenvalue weighted by Crippen LogP contribution is 2.17. The number of nitrogens with one attached hydrogen (secondary N) is 2. The summed E-state index contributed by atoms with van der Waals surface area (Å²) >= 11 is 0. The maximum atomic E-state index is 12.2. The summed E-state index contributed by atoms with van der Waals surface area (Å²) in [4.78, 5) is 31.8. The lowest BCUT2D eigenvalue weighted by Gasteiger charge is -2.08. The fraction of sp³-hybridized carbons (Fsp3) is 0.111. The van der Waals surface area contributed by atoms with Crippen molar-refractivity contribution < 1.29 is 18.7 Å². The molecule has 0 fully saturated rings. The van der Waals surface area contributed by atoms with Crippen molar-refractivity contribution >= 4 is 23.4 Å². The van der Waals surface area contributed by atoms with Gasteiger partial charge in [-0.3, -0.25) is 4.79 Å². The second-order valence-electron chi connectivity index (χ2n) is 5.25. The number of methoxy groups -OCH3 is 1. The number of aromatic nitrogens is 2. The number of ether oxygens (including phenoxy) is 1. The standard InChI is InChI=1S/C18H16N4O4/c1-25-18(24)12-4-2-5-13(8-12)22-16-9-15(20-11-21-16)17(23)19-10-14-6-3-7-26-14/h2-9,11H,10H2,1H3,(H,19,23)(H,20,21,22).